The number of carboxylic acids is 1. The highest BCUT2D eigenvalue weighted by Crippen LogP contribution is 2.15. The van der Waals surface area contributed by atoms with E-state index in [2.05, 4.69) is 14.9 Å². The standard InChI is InChI=1S/C15H19N3O2/c19-15(20)11-5-6-12-13(10-11)17-14(16-12)4-3-9-18-7-1-2-8-18/h5-6,10H,1-4,7-9H2,(H,16,17)(H,19,20). The summed E-state index contributed by atoms with van der Waals surface area (Å²) in [4.78, 5) is 21.2. The molecule has 1 aliphatic rings. The Morgan fingerprint density at radius 3 is 2.90 bits per heavy atom. The summed E-state index contributed by atoms with van der Waals surface area (Å²) in [5.74, 6) is 0.0406. The maximum absolute atomic E-state index is 10.9. The van der Waals surface area contributed by atoms with Crippen LogP contribution in [0.4, 0.5) is 0 Å². The van der Waals surface area contributed by atoms with Gasteiger partial charge in [-0.3, -0.25) is 0 Å². The van der Waals surface area contributed by atoms with Gasteiger partial charge in [0.15, 0.2) is 0 Å². The van der Waals surface area contributed by atoms with Gasteiger partial charge >= 0.3 is 5.97 Å². The summed E-state index contributed by atoms with van der Waals surface area (Å²) in [5, 5.41) is 8.97. The molecule has 5 heteroatoms. The summed E-state index contributed by atoms with van der Waals surface area (Å²) in [7, 11) is 0. The molecule has 0 amide bonds. The molecule has 20 heavy (non-hydrogen) atoms. The van der Waals surface area contributed by atoms with Crippen molar-refractivity contribution < 1.29 is 9.90 Å². The van der Waals surface area contributed by atoms with Crippen molar-refractivity contribution in [3.63, 3.8) is 0 Å². The van der Waals surface area contributed by atoms with Crippen LogP contribution in [0.3, 0.4) is 0 Å². The van der Waals surface area contributed by atoms with E-state index >= 15 is 0 Å². The van der Waals surface area contributed by atoms with Crippen LogP contribution < -0.4 is 0 Å². The number of benzene rings is 1. The van der Waals surface area contributed by atoms with E-state index in [0.29, 0.717) is 5.56 Å². The molecule has 1 fully saturated rings. The highest BCUT2D eigenvalue weighted by Gasteiger charge is 2.11. The van der Waals surface area contributed by atoms with E-state index < -0.39 is 5.97 Å². The molecule has 0 saturated carbocycles. The van der Waals surface area contributed by atoms with Crippen LogP contribution in [-0.4, -0.2) is 45.6 Å². The van der Waals surface area contributed by atoms with E-state index in [1.54, 1.807) is 18.2 Å². The fraction of sp³-hybridized carbons (Fsp3) is 0.467. The second kappa shape index (κ2) is 5.63. The van der Waals surface area contributed by atoms with E-state index in [4.69, 9.17) is 5.11 Å². The number of imidazole rings is 1. The van der Waals surface area contributed by atoms with Crippen molar-refractivity contribution in [2.75, 3.05) is 19.6 Å². The highest BCUT2D eigenvalue weighted by atomic mass is 16.4. The SMILES string of the molecule is O=C(O)c1ccc2nc(CCCN3CCCC3)[nH]c2c1. The molecule has 2 heterocycles. The van der Waals surface area contributed by atoms with Crippen molar-refractivity contribution in [1.29, 1.82) is 0 Å². The van der Waals surface area contributed by atoms with E-state index in [1.807, 2.05) is 0 Å². The van der Waals surface area contributed by atoms with Crippen molar-refractivity contribution in [3.05, 3.63) is 29.6 Å². The van der Waals surface area contributed by atoms with Gasteiger partial charge in [0, 0.05) is 6.42 Å². The van der Waals surface area contributed by atoms with Crippen LogP contribution in [-0.2, 0) is 6.42 Å². The molecule has 1 aromatic carbocycles. The van der Waals surface area contributed by atoms with E-state index in [1.165, 1.54) is 25.9 Å². The summed E-state index contributed by atoms with van der Waals surface area (Å²) in [5.41, 5.74) is 1.94. The van der Waals surface area contributed by atoms with Gasteiger partial charge in [-0.25, -0.2) is 9.78 Å². The van der Waals surface area contributed by atoms with E-state index in [0.717, 1.165) is 36.2 Å². The van der Waals surface area contributed by atoms with Crippen LogP contribution in [0.1, 0.15) is 35.4 Å². The molecular formula is C15H19N3O2. The van der Waals surface area contributed by atoms with Crippen molar-refractivity contribution >= 4 is 17.0 Å². The average molecular weight is 273 g/mol. The second-order valence-corrected chi connectivity index (χ2v) is 5.37. The van der Waals surface area contributed by atoms with Gasteiger partial charge in [0.05, 0.1) is 16.6 Å². The lowest BCUT2D eigenvalue weighted by atomic mass is 10.2. The van der Waals surface area contributed by atoms with Crippen LogP contribution >= 0.6 is 0 Å². The van der Waals surface area contributed by atoms with Gasteiger partial charge in [-0.2, -0.15) is 0 Å². The number of fused-ring (bicyclic) bond motifs is 1. The first-order chi connectivity index (χ1) is 9.72. The first-order valence-corrected chi connectivity index (χ1v) is 7.17. The summed E-state index contributed by atoms with van der Waals surface area (Å²) >= 11 is 0. The maximum Gasteiger partial charge on any atom is 0.335 e. The lowest BCUT2D eigenvalue weighted by Gasteiger charge is -2.13. The number of hydrogen-bond acceptors (Lipinski definition) is 3. The zero-order valence-corrected chi connectivity index (χ0v) is 11.4. The molecule has 1 aromatic heterocycles. The fourth-order valence-corrected chi connectivity index (χ4v) is 2.79. The van der Waals surface area contributed by atoms with Crippen LogP contribution in [0, 0.1) is 0 Å². The van der Waals surface area contributed by atoms with Crippen molar-refractivity contribution in [2.45, 2.75) is 25.7 Å². The number of aromatic carboxylic acids is 1. The third-order valence-corrected chi connectivity index (χ3v) is 3.86. The smallest absolute Gasteiger partial charge is 0.335 e. The van der Waals surface area contributed by atoms with Crippen LogP contribution in [0.15, 0.2) is 18.2 Å². The number of aromatic amines is 1. The molecular weight excluding hydrogens is 254 g/mol. The Morgan fingerprint density at radius 1 is 1.35 bits per heavy atom. The molecule has 2 N–H and O–H groups in total. The number of carbonyl (C=O) groups is 1. The Bertz CT molecular complexity index is 615. The number of nitrogens with one attached hydrogen (secondary N) is 1. The van der Waals surface area contributed by atoms with Gasteiger partial charge in [-0.1, -0.05) is 0 Å². The lowest BCUT2D eigenvalue weighted by molar-refractivity contribution is 0.0697. The first kappa shape index (κ1) is 13.1. The van der Waals surface area contributed by atoms with Crippen LogP contribution in [0.5, 0.6) is 0 Å². The molecule has 1 aliphatic heterocycles. The number of rotatable bonds is 5. The Hall–Kier alpha value is -1.88. The molecule has 2 aromatic rings. The normalized spacial score (nSPS) is 16.0. The molecule has 0 unspecified atom stereocenters. The molecule has 0 atom stereocenters. The second-order valence-electron chi connectivity index (χ2n) is 5.37. The first-order valence-electron chi connectivity index (χ1n) is 7.17. The summed E-state index contributed by atoms with van der Waals surface area (Å²) < 4.78 is 0. The molecule has 0 spiro atoms. The van der Waals surface area contributed by atoms with E-state index in [9.17, 15) is 4.79 Å². The fourth-order valence-electron chi connectivity index (χ4n) is 2.79. The number of H-pyrrole nitrogens is 1. The zero-order chi connectivity index (χ0) is 13.9. The van der Waals surface area contributed by atoms with Gasteiger partial charge in [0.2, 0.25) is 0 Å². The summed E-state index contributed by atoms with van der Waals surface area (Å²) in [6, 6.07) is 5.01. The number of aromatic nitrogens is 2. The predicted molar refractivity (Wildman–Crippen MR) is 77.0 cm³/mol. The van der Waals surface area contributed by atoms with Crippen LogP contribution in [0.2, 0.25) is 0 Å². The van der Waals surface area contributed by atoms with Gasteiger partial charge < -0.3 is 15.0 Å². The van der Waals surface area contributed by atoms with Gasteiger partial charge in [-0.15, -0.1) is 0 Å². The number of carboxylic acid groups (broad SMARTS) is 1. The summed E-state index contributed by atoms with van der Waals surface area (Å²) in [6.45, 7) is 3.57. The Labute approximate surface area is 117 Å². The third-order valence-electron chi connectivity index (χ3n) is 3.86. The molecule has 0 radical (unpaired) electrons. The molecule has 5 nitrogen and oxygen atoms in total. The summed E-state index contributed by atoms with van der Waals surface area (Å²) in [6.07, 6.45) is 4.64. The van der Waals surface area contributed by atoms with E-state index in [-0.39, 0.29) is 0 Å². The number of aryl methyl sites for hydroxylation is 1. The Balaban J connectivity index is 1.64. The minimum absolute atomic E-state index is 0.296. The number of likely N-dealkylation sites (tertiary alicyclic amines) is 1. The average Bonchev–Trinajstić information content (AvgIpc) is 3.06. The predicted octanol–water partition coefficient (Wildman–Crippen LogP) is 2.29. The Kier molecular flexibility index (Phi) is 3.69. The minimum atomic E-state index is -0.905. The number of nitrogens with zero attached hydrogens (tertiary/aromatic N) is 2. The zero-order valence-electron chi connectivity index (χ0n) is 11.4. The molecule has 3 rings (SSSR count). The third kappa shape index (κ3) is 2.82. The molecule has 0 bridgehead atoms. The maximum atomic E-state index is 10.9. The monoisotopic (exact) mass is 273 g/mol. The topological polar surface area (TPSA) is 69.2 Å². The number of hydrogen-bond donors (Lipinski definition) is 2. The minimum Gasteiger partial charge on any atom is -0.478 e. The molecule has 106 valence electrons. The van der Waals surface area contributed by atoms with Gasteiger partial charge in [-0.05, 0) is 57.1 Å². The largest absolute Gasteiger partial charge is 0.478 e. The van der Waals surface area contributed by atoms with Crippen molar-refractivity contribution in [3.8, 4) is 0 Å². The van der Waals surface area contributed by atoms with Crippen molar-refractivity contribution in [2.24, 2.45) is 0 Å². The highest BCUT2D eigenvalue weighted by molar-refractivity contribution is 5.92. The molecule has 0 aliphatic carbocycles. The van der Waals surface area contributed by atoms with Crippen LogP contribution in [0.25, 0.3) is 11.0 Å². The molecule has 1 saturated heterocycles. The van der Waals surface area contributed by atoms with Crippen molar-refractivity contribution in [1.82, 2.24) is 14.9 Å². The quantitative estimate of drug-likeness (QED) is 0.877. The lowest BCUT2D eigenvalue weighted by Crippen LogP contribution is -2.20. The van der Waals surface area contributed by atoms with Gasteiger partial charge in [0.25, 0.3) is 0 Å². The Morgan fingerprint density at radius 2 is 2.15 bits per heavy atom. The van der Waals surface area contributed by atoms with Gasteiger partial charge in [0.1, 0.15) is 5.82 Å².